The molecule has 1 atom stereocenters. The van der Waals surface area contributed by atoms with Crippen molar-refractivity contribution in [3.8, 4) is 5.75 Å². The zero-order chi connectivity index (χ0) is 23.3. The summed E-state index contributed by atoms with van der Waals surface area (Å²) in [6.45, 7) is 0. The second kappa shape index (κ2) is 9.88. The number of nitrogens with two attached hydrogens (primary N) is 2. The number of unbranched alkanes of at least 4 members (excludes halogenated alkanes) is 1. The molecule has 1 aromatic heterocycles. The fraction of sp³-hybridized carbons (Fsp3) is 0.217. The molecule has 3 rings (SSSR count). The lowest BCUT2D eigenvalue weighted by molar-refractivity contribution is -0.137. The summed E-state index contributed by atoms with van der Waals surface area (Å²) in [5.74, 6) is -1.65. The number of hydrogen-bond donors (Lipinski definition) is 4. The Morgan fingerprint density at radius 3 is 2.41 bits per heavy atom. The first-order chi connectivity index (χ1) is 15.2. The van der Waals surface area contributed by atoms with Gasteiger partial charge in [0.05, 0.1) is 0 Å². The van der Waals surface area contributed by atoms with Crippen LogP contribution in [0, 0.1) is 5.41 Å². The number of fused-ring (bicyclic) bond motifs is 1. The number of amidine groups is 1. The highest BCUT2D eigenvalue weighted by Crippen LogP contribution is 2.24. The van der Waals surface area contributed by atoms with Crippen molar-refractivity contribution in [2.75, 3.05) is 0 Å². The van der Waals surface area contributed by atoms with Crippen molar-refractivity contribution in [1.29, 1.82) is 5.41 Å². The van der Waals surface area contributed by atoms with Gasteiger partial charge < -0.3 is 25.7 Å². The Morgan fingerprint density at radius 2 is 1.69 bits per heavy atom. The summed E-state index contributed by atoms with van der Waals surface area (Å²) in [6.07, 6.45) is 0.902. The normalized spacial score (nSPS) is 11.8. The highest BCUT2D eigenvalue weighted by atomic mass is 16.5. The van der Waals surface area contributed by atoms with Crippen molar-refractivity contribution in [3.63, 3.8) is 0 Å². The van der Waals surface area contributed by atoms with Crippen LogP contribution in [0.5, 0.6) is 5.75 Å². The van der Waals surface area contributed by atoms with Gasteiger partial charge in [-0.3, -0.25) is 15.0 Å². The van der Waals surface area contributed by atoms with Gasteiger partial charge in [-0.15, -0.1) is 0 Å². The lowest BCUT2D eigenvalue weighted by atomic mass is 10.0. The number of furan rings is 1. The molecular weight excluding hydrogens is 414 g/mol. The quantitative estimate of drug-likeness (QED) is 0.123. The van der Waals surface area contributed by atoms with Crippen molar-refractivity contribution in [2.45, 2.75) is 31.7 Å². The van der Waals surface area contributed by atoms with Gasteiger partial charge in [-0.2, -0.15) is 0 Å². The first-order valence-electron chi connectivity index (χ1n) is 9.95. The van der Waals surface area contributed by atoms with Crippen LogP contribution in [0.2, 0.25) is 0 Å². The predicted molar refractivity (Wildman–Crippen MR) is 117 cm³/mol. The van der Waals surface area contributed by atoms with E-state index in [9.17, 15) is 14.4 Å². The topological polar surface area (TPSA) is 170 Å². The Balaban J connectivity index is 1.62. The van der Waals surface area contributed by atoms with Crippen molar-refractivity contribution < 1.29 is 28.6 Å². The molecule has 0 amide bonds. The highest BCUT2D eigenvalue weighted by Gasteiger charge is 2.22. The SMILES string of the molecule is N=C(N)c1ccc2cc(OC(=O)c3ccc(C(N)C(=O)CCCCC(=O)O)o3)ccc2c1. The third-order valence-corrected chi connectivity index (χ3v) is 4.88. The summed E-state index contributed by atoms with van der Waals surface area (Å²) in [6, 6.07) is 12.1. The van der Waals surface area contributed by atoms with Gasteiger partial charge in [-0.25, -0.2) is 4.79 Å². The minimum Gasteiger partial charge on any atom is -0.481 e. The van der Waals surface area contributed by atoms with Crippen LogP contribution in [0.3, 0.4) is 0 Å². The molecule has 1 heterocycles. The van der Waals surface area contributed by atoms with E-state index in [1.54, 1.807) is 36.4 Å². The molecule has 0 radical (unpaired) electrons. The average molecular weight is 437 g/mol. The number of esters is 1. The lowest BCUT2D eigenvalue weighted by Gasteiger charge is -2.08. The summed E-state index contributed by atoms with van der Waals surface area (Å²) in [5.41, 5.74) is 12.0. The largest absolute Gasteiger partial charge is 0.481 e. The summed E-state index contributed by atoms with van der Waals surface area (Å²) >= 11 is 0. The first kappa shape index (κ1) is 22.7. The number of carboxylic acids is 1. The Labute approximate surface area is 183 Å². The summed E-state index contributed by atoms with van der Waals surface area (Å²) in [7, 11) is 0. The Kier molecular flexibility index (Phi) is 7.01. The fourth-order valence-corrected chi connectivity index (χ4v) is 3.13. The minimum absolute atomic E-state index is 0.00801. The Bertz CT molecular complexity index is 1180. The van der Waals surface area contributed by atoms with Crippen LogP contribution in [0.4, 0.5) is 0 Å². The molecule has 2 aromatic carbocycles. The number of ketones is 1. The number of aliphatic carboxylic acids is 1. The number of carboxylic acid groups (broad SMARTS) is 1. The molecule has 166 valence electrons. The van der Waals surface area contributed by atoms with Crippen LogP contribution >= 0.6 is 0 Å². The molecule has 3 aromatic rings. The van der Waals surface area contributed by atoms with E-state index in [2.05, 4.69) is 0 Å². The van der Waals surface area contributed by atoms with Crippen molar-refractivity contribution in [1.82, 2.24) is 0 Å². The molecule has 0 saturated carbocycles. The van der Waals surface area contributed by atoms with E-state index in [-0.39, 0.29) is 36.0 Å². The van der Waals surface area contributed by atoms with Gasteiger partial charge in [0.2, 0.25) is 5.76 Å². The highest BCUT2D eigenvalue weighted by molar-refractivity contribution is 5.99. The van der Waals surface area contributed by atoms with Crippen LogP contribution in [0.15, 0.2) is 52.9 Å². The first-order valence-corrected chi connectivity index (χ1v) is 9.95. The number of Topliss-reactive ketones (excluding diaryl/α,β-unsaturated/α-hetero) is 1. The zero-order valence-corrected chi connectivity index (χ0v) is 17.2. The molecule has 9 nitrogen and oxygen atoms in total. The van der Waals surface area contributed by atoms with Gasteiger partial charge in [0.1, 0.15) is 23.4 Å². The predicted octanol–water partition coefficient (Wildman–Crippen LogP) is 3.15. The van der Waals surface area contributed by atoms with Gasteiger partial charge in [0.25, 0.3) is 0 Å². The summed E-state index contributed by atoms with van der Waals surface area (Å²) in [4.78, 5) is 35.1. The number of benzene rings is 2. The van der Waals surface area contributed by atoms with Gasteiger partial charge >= 0.3 is 11.9 Å². The number of nitrogen functional groups attached to an aromatic ring is 1. The van der Waals surface area contributed by atoms with Gasteiger partial charge in [-0.05, 0) is 53.9 Å². The molecule has 9 heteroatoms. The van der Waals surface area contributed by atoms with Gasteiger partial charge in [0.15, 0.2) is 5.78 Å². The average Bonchev–Trinajstić information content (AvgIpc) is 3.26. The maximum atomic E-state index is 12.4. The molecule has 0 spiro atoms. The lowest BCUT2D eigenvalue weighted by Crippen LogP contribution is -2.20. The second-order valence-electron chi connectivity index (χ2n) is 7.27. The molecule has 32 heavy (non-hydrogen) atoms. The van der Waals surface area contributed by atoms with E-state index in [4.69, 9.17) is 31.1 Å². The number of nitrogens with one attached hydrogen (secondary N) is 1. The number of ether oxygens (including phenoxy) is 1. The third kappa shape index (κ3) is 5.58. The van der Waals surface area contributed by atoms with Crippen molar-refractivity contribution >= 4 is 34.3 Å². The molecule has 6 N–H and O–H groups in total. The van der Waals surface area contributed by atoms with Crippen LogP contribution in [0.1, 0.15) is 53.6 Å². The van der Waals surface area contributed by atoms with Crippen LogP contribution < -0.4 is 16.2 Å². The number of hydrogen-bond acceptors (Lipinski definition) is 7. The van der Waals surface area contributed by atoms with Gasteiger partial charge in [0, 0.05) is 18.4 Å². The molecular formula is C23H23N3O6. The fourth-order valence-electron chi connectivity index (χ4n) is 3.13. The van der Waals surface area contributed by atoms with E-state index in [0.29, 0.717) is 24.2 Å². The summed E-state index contributed by atoms with van der Waals surface area (Å²) < 4.78 is 10.8. The standard InChI is InChI=1S/C23H23N3O6/c24-21(17(27)3-1-2-4-20(28)29)18-9-10-19(32-18)23(30)31-16-8-7-13-11-15(22(25)26)6-5-14(13)12-16/h5-12,21H,1-4,24H2,(H3,25,26)(H,28,29). The van der Waals surface area contributed by atoms with E-state index < -0.39 is 18.0 Å². The zero-order valence-electron chi connectivity index (χ0n) is 17.2. The molecule has 0 saturated heterocycles. The molecule has 0 aliphatic rings. The third-order valence-electron chi connectivity index (χ3n) is 4.88. The van der Waals surface area contributed by atoms with E-state index >= 15 is 0 Å². The smallest absolute Gasteiger partial charge is 0.379 e. The maximum Gasteiger partial charge on any atom is 0.379 e. The van der Waals surface area contributed by atoms with Gasteiger partial charge in [-0.1, -0.05) is 18.2 Å². The van der Waals surface area contributed by atoms with E-state index in [0.717, 1.165) is 10.8 Å². The molecule has 1 unspecified atom stereocenters. The molecule has 0 aliphatic carbocycles. The molecule has 0 bridgehead atoms. The van der Waals surface area contributed by atoms with E-state index in [1.165, 1.54) is 12.1 Å². The van der Waals surface area contributed by atoms with Crippen molar-refractivity contribution in [2.24, 2.45) is 11.5 Å². The molecule has 0 fully saturated rings. The maximum absolute atomic E-state index is 12.4. The Morgan fingerprint density at radius 1 is 1.00 bits per heavy atom. The second-order valence-corrected chi connectivity index (χ2v) is 7.27. The Hall–Kier alpha value is -3.98. The summed E-state index contributed by atoms with van der Waals surface area (Å²) in [5, 5.41) is 17.8. The van der Waals surface area contributed by atoms with Crippen LogP contribution in [0.25, 0.3) is 10.8 Å². The van der Waals surface area contributed by atoms with Crippen molar-refractivity contribution in [3.05, 3.63) is 65.6 Å². The molecule has 0 aliphatic heterocycles. The number of rotatable bonds is 10. The van der Waals surface area contributed by atoms with Crippen LogP contribution in [-0.4, -0.2) is 28.7 Å². The number of carbonyl (C=O) groups excluding carboxylic acids is 2. The van der Waals surface area contributed by atoms with Crippen LogP contribution in [-0.2, 0) is 9.59 Å². The minimum atomic E-state index is -1.04. The monoisotopic (exact) mass is 437 g/mol. The number of carbonyl (C=O) groups is 3. The van der Waals surface area contributed by atoms with E-state index in [1.807, 2.05) is 0 Å².